The predicted octanol–water partition coefficient (Wildman–Crippen LogP) is 10.5. The highest BCUT2D eigenvalue weighted by atomic mass is 16.5. The van der Waals surface area contributed by atoms with E-state index in [1.807, 2.05) is 81.8 Å². The lowest BCUT2D eigenvalue weighted by molar-refractivity contribution is -0.122. The minimum Gasteiger partial charge on any atom is -0.483 e. The van der Waals surface area contributed by atoms with Crippen LogP contribution in [0.15, 0.2) is 179 Å². The van der Waals surface area contributed by atoms with E-state index in [-0.39, 0.29) is 77.9 Å². The average molecular weight is 1290 g/mol. The first-order chi connectivity index (χ1) is 46.5. The Hall–Kier alpha value is -11.7. The lowest BCUT2D eigenvalue weighted by Gasteiger charge is -2.11. The van der Waals surface area contributed by atoms with E-state index in [1.54, 1.807) is 105 Å². The van der Waals surface area contributed by atoms with Crippen molar-refractivity contribution in [1.29, 1.82) is 0 Å². The van der Waals surface area contributed by atoms with Gasteiger partial charge in [-0.05, 0) is 138 Å². The summed E-state index contributed by atoms with van der Waals surface area (Å²) in [6.45, 7) is 2.47. The number of furan rings is 3. The zero-order valence-corrected chi connectivity index (χ0v) is 51.2. The van der Waals surface area contributed by atoms with Crippen LogP contribution >= 0.6 is 0 Å². The van der Waals surface area contributed by atoms with Gasteiger partial charge in [0.15, 0.2) is 17.3 Å². The van der Waals surface area contributed by atoms with Crippen LogP contribution in [0.5, 0.6) is 0 Å². The van der Waals surface area contributed by atoms with Crippen LogP contribution in [0.3, 0.4) is 0 Å². The number of aromatic nitrogens is 15. The van der Waals surface area contributed by atoms with Crippen LogP contribution in [0.1, 0.15) is 115 Å². The van der Waals surface area contributed by atoms with Crippen molar-refractivity contribution in [2.45, 2.75) is 101 Å². The molecule has 3 saturated carbocycles. The van der Waals surface area contributed by atoms with Gasteiger partial charge in [0, 0.05) is 62.4 Å². The number of carboxylic acid groups (broad SMARTS) is 1. The first-order valence-electron chi connectivity index (χ1n) is 30.8. The Kier molecular flexibility index (Phi) is 19.9. The molecule has 0 unspecified atom stereocenters. The van der Waals surface area contributed by atoms with Crippen LogP contribution in [-0.4, -0.2) is 139 Å². The van der Waals surface area contributed by atoms with Crippen LogP contribution in [0.25, 0.3) is 68.1 Å². The number of amides is 3. The number of ether oxygens (including phenoxy) is 1. The Labute approximate surface area is 541 Å². The van der Waals surface area contributed by atoms with Crippen molar-refractivity contribution in [3.8, 4) is 68.1 Å². The van der Waals surface area contributed by atoms with Gasteiger partial charge in [0.2, 0.25) is 0 Å². The van der Waals surface area contributed by atoms with Crippen LogP contribution in [0, 0.1) is 0 Å². The molecule has 12 aromatic heterocycles. The van der Waals surface area contributed by atoms with E-state index in [4.69, 9.17) is 33.0 Å². The second kappa shape index (κ2) is 29.7. The molecule has 0 bridgehead atoms. The van der Waals surface area contributed by atoms with Crippen molar-refractivity contribution in [2.24, 2.45) is 0 Å². The smallest absolute Gasteiger partial charge is 0.291 e. The number of carbonyl (C=O) groups excluding carboxylic acids is 3. The Bertz CT molecular complexity index is 4240. The third-order valence-electron chi connectivity index (χ3n) is 16.1. The van der Waals surface area contributed by atoms with Gasteiger partial charge in [-0.2, -0.15) is 30.6 Å². The zero-order chi connectivity index (χ0) is 65.6. The van der Waals surface area contributed by atoms with Gasteiger partial charge in [0.05, 0.1) is 106 Å². The van der Waals surface area contributed by atoms with E-state index in [9.17, 15) is 24.6 Å². The molecule has 6 atom stereocenters. The van der Waals surface area contributed by atoms with Crippen molar-refractivity contribution >= 4 is 41.3 Å². The number of aliphatic hydroxyl groups is 2. The summed E-state index contributed by atoms with van der Waals surface area (Å²) in [7, 11) is 0. The maximum absolute atomic E-state index is 12.9. The molecule has 0 spiro atoms. The molecular formula is C66H66N18O11. The van der Waals surface area contributed by atoms with Gasteiger partial charge < -0.3 is 49.3 Å². The number of carbonyl (C=O) groups is 4. The molecular weight excluding hydrogens is 1220 g/mol. The van der Waals surface area contributed by atoms with Gasteiger partial charge in [-0.3, -0.25) is 63.5 Å². The number of nitrogens with one attached hydrogen (secondary N) is 6. The Morgan fingerprint density at radius 3 is 1.16 bits per heavy atom. The van der Waals surface area contributed by atoms with Crippen molar-refractivity contribution in [3.05, 3.63) is 183 Å². The highest BCUT2D eigenvalue weighted by Gasteiger charge is 2.31. The number of aromatic amines is 3. The molecule has 0 radical (unpaired) electrons. The molecule has 9 N–H and O–H groups in total. The maximum Gasteiger partial charge on any atom is 0.291 e. The van der Waals surface area contributed by atoms with Gasteiger partial charge in [-0.1, -0.05) is 18.2 Å². The van der Waals surface area contributed by atoms with Crippen molar-refractivity contribution in [2.75, 3.05) is 22.6 Å². The van der Waals surface area contributed by atoms with Crippen LogP contribution < -0.4 is 16.0 Å². The average Bonchev–Trinajstić information content (AvgIpc) is 1.69. The number of hydrogen-bond donors (Lipinski definition) is 9. The number of anilines is 3. The van der Waals surface area contributed by atoms with Gasteiger partial charge in [0.1, 0.15) is 34.4 Å². The van der Waals surface area contributed by atoms with E-state index < -0.39 is 0 Å². The van der Waals surface area contributed by atoms with E-state index in [0.29, 0.717) is 88.0 Å². The first kappa shape index (κ1) is 63.5. The number of hydrogen-bond acceptors (Lipinski definition) is 19. The molecule has 486 valence electrons. The first-order valence-corrected chi connectivity index (χ1v) is 30.8. The summed E-state index contributed by atoms with van der Waals surface area (Å²) in [5, 5.41) is 69.4. The molecule has 12 aromatic rings. The summed E-state index contributed by atoms with van der Waals surface area (Å²) in [6.07, 6.45) is 27.5. The zero-order valence-electron chi connectivity index (χ0n) is 51.2. The van der Waals surface area contributed by atoms with Crippen LogP contribution in [-0.2, 0) is 9.53 Å². The minimum absolute atomic E-state index is 0.0874. The highest BCUT2D eigenvalue weighted by Crippen LogP contribution is 2.38. The van der Waals surface area contributed by atoms with Gasteiger partial charge in [0.25, 0.3) is 24.2 Å². The molecule has 15 rings (SSSR count). The van der Waals surface area contributed by atoms with Gasteiger partial charge in [-0.15, -0.1) is 0 Å². The number of H-pyrrole nitrogens is 3. The quantitative estimate of drug-likeness (QED) is 0.0382. The molecule has 0 aromatic carbocycles. The molecule has 29 nitrogen and oxygen atoms in total. The Balaban J connectivity index is 0.000000134. The summed E-state index contributed by atoms with van der Waals surface area (Å²) in [6, 6.07) is 27.2. The fourth-order valence-electron chi connectivity index (χ4n) is 11.5. The molecule has 12 heterocycles. The maximum atomic E-state index is 12.9. The number of aliphatic hydroxyl groups excluding tert-OH is 2. The standard InChI is InChI=1S/C23H24N6O3.2C21H20N6O3.CH2O2/c1-2-31-17-7-6-16(11-17)29-14-19(22(28-29)18-5-3-4-10-24-18)27-23(30)21-9-8-20(32-21)15-12-25-26-13-15;2*28-15-5-4-14(9-15)27-12-17(20(26-27)16-3-1-2-8-22-16)25-21(29)19-7-6-18(30-19)13-10-23-24-11-13;2-1-3/h3-5,8-10,12-14,16-17H,2,6-7,11H2,1H3,(H,25,26)(H,27,30);2*1-3,6-8,10-12,14-15,28H,4-5,9H2,(H,23,24)(H,25,29);1H,(H,2,3)/t16-,17+;2*14-,15+;/m000./s1. The summed E-state index contributed by atoms with van der Waals surface area (Å²) < 4.78 is 28.4. The fraction of sp³-hybridized carbons (Fsp3) is 0.258. The van der Waals surface area contributed by atoms with Gasteiger partial charge >= 0.3 is 0 Å². The van der Waals surface area contributed by atoms with Crippen molar-refractivity contribution in [3.63, 3.8) is 0 Å². The minimum atomic E-state index is -0.382. The van der Waals surface area contributed by atoms with Crippen molar-refractivity contribution in [1.82, 2.24) is 74.9 Å². The largest absolute Gasteiger partial charge is 0.483 e. The molecule has 3 amide bonds. The Morgan fingerprint density at radius 2 is 0.863 bits per heavy atom. The summed E-state index contributed by atoms with van der Waals surface area (Å²) in [4.78, 5) is 60.1. The van der Waals surface area contributed by atoms with E-state index in [1.165, 1.54) is 0 Å². The van der Waals surface area contributed by atoms with E-state index in [0.717, 1.165) is 61.6 Å². The van der Waals surface area contributed by atoms with Gasteiger partial charge in [-0.25, -0.2) is 0 Å². The van der Waals surface area contributed by atoms with Crippen molar-refractivity contribution < 1.29 is 52.5 Å². The lowest BCUT2D eigenvalue weighted by Crippen LogP contribution is -2.12. The molecule has 3 fully saturated rings. The summed E-state index contributed by atoms with van der Waals surface area (Å²) in [5.41, 5.74) is 7.76. The lowest BCUT2D eigenvalue weighted by atomic mass is 10.2. The topological polar surface area (TPSA) is 392 Å². The molecule has 0 aliphatic heterocycles. The second-order valence-electron chi connectivity index (χ2n) is 22.5. The highest BCUT2D eigenvalue weighted by molar-refractivity contribution is 6.06. The molecule has 3 aliphatic rings. The summed E-state index contributed by atoms with van der Waals surface area (Å²) in [5.74, 6) is 1.13. The van der Waals surface area contributed by atoms with E-state index >= 15 is 0 Å². The number of rotatable bonds is 17. The third kappa shape index (κ3) is 15.3. The molecule has 95 heavy (non-hydrogen) atoms. The third-order valence-corrected chi connectivity index (χ3v) is 16.1. The van der Waals surface area contributed by atoms with Crippen LogP contribution in [0.4, 0.5) is 17.1 Å². The second-order valence-corrected chi connectivity index (χ2v) is 22.5. The van der Waals surface area contributed by atoms with Crippen LogP contribution in [0.2, 0.25) is 0 Å². The molecule has 29 heteroatoms. The number of pyridine rings is 3. The molecule has 0 saturated heterocycles. The normalized spacial score (nSPS) is 18.0. The predicted molar refractivity (Wildman–Crippen MR) is 344 cm³/mol. The monoisotopic (exact) mass is 1290 g/mol. The number of nitrogens with zero attached hydrogens (tertiary/aromatic N) is 12. The summed E-state index contributed by atoms with van der Waals surface area (Å²) >= 11 is 0. The Morgan fingerprint density at radius 1 is 0.516 bits per heavy atom. The fourth-order valence-corrected chi connectivity index (χ4v) is 11.5. The van der Waals surface area contributed by atoms with E-state index in [2.05, 4.69) is 71.7 Å². The SMILES string of the molecule is CCO[C@@H]1CC[C@H](n2cc(NC(=O)c3ccc(-c4cn[nH]c4)o3)c(-c3ccccn3)n2)C1.O=C(Nc1cn([C@H]2CC[C@@H](O)C2)nc1-c1ccccn1)c1ccc(-c2cn[nH]c2)o1.O=C(Nc1cn([C@H]2CC[C@@H](O)C2)nc1-c1ccccn1)c1ccc(-c2cn[nH]c2)o1.O=CO. The molecule has 3 aliphatic carbocycles.